The fraction of sp³-hybridized carbons (Fsp3) is 0.913. The third-order valence-electron chi connectivity index (χ3n) is 7.37. The average molecular weight is 761 g/mol. The Kier molecular flexibility index (Phi) is 14.2. The summed E-state index contributed by atoms with van der Waals surface area (Å²) in [6, 6.07) is -3.60. The van der Waals surface area contributed by atoms with Gasteiger partial charge in [0.1, 0.15) is 60.9 Å². The van der Waals surface area contributed by atoms with Crippen LogP contribution in [0.1, 0.15) is 20.8 Å². The van der Waals surface area contributed by atoms with E-state index in [2.05, 4.69) is 9.50 Å². The van der Waals surface area contributed by atoms with Gasteiger partial charge < -0.3 is 69.5 Å². The van der Waals surface area contributed by atoms with E-state index in [1.165, 1.54) is 4.72 Å². The first-order chi connectivity index (χ1) is 22.6. The molecule has 0 aliphatic carbocycles. The average Bonchev–Trinajstić information content (AvgIpc) is 2.96. The first-order valence-corrected chi connectivity index (χ1v) is 17.2. The number of ether oxygens (including phenoxy) is 6. The summed E-state index contributed by atoms with van der Waals surface area (Å²) in [7, 11) is -10.8. The zero-order valence-electron chi connectivity index (χ0n) is 25.8. The van der Waals surface area contributed by atoms with Crippen LogP contribution in [0.2, 0.25) is 0 Å². The van der Waals surface area contributed by atoms with Crippen molar-refractivity contribution >= 4 is 32.6 Å². The normalized spacial score (nSPS) is 40.6. The van der Waals surface area contributed by atoms with Crippen molar-refractivity contribution in [2.45, 2.75) is 119 Å². The minimum absolute atomic E-state index is 0.541. The highest BCUT2D eigenvalue weighted by molar-refractivity contribution is 7.83. The number of carboxylic acids is 1. The lowest BCUT2D eigenvalue weighted by Gasteiger charge is -2.49. The van der Waals surface area contributed by atoms with Crippen LogP contribution in [-0.4, -0.2) is 185 Å². The van der Waals surface area contributed by atoms with E-state index in [1.54, 1.807) is 13.8 Å². The first kappa shape index (κ1) is 41.6. The summed E-state index contributed by atoms with van der Waals surface area (Å²) in [4.78, 5) is 24.3. The molecule has 3 fully saturated rings. The Hall–Kier alpha value is -1.80. The van der Waals surface area contributed by atoms with Crippen LogP contribution < -0.4 is 10.0 Å². The number of aliphatic hydroxyl groups excluding tert-OH is 6. The van der Waals surface area contributed by atoms with Gasteiger partial charge in [-0.2, -0.15) is 21.6 Å². The van der Waals surface area contributed by atoms with E-state index >= 15 is 0 Å². The topological polar surface area (TPSA) is 373 Å². The van der Waals surface area contributed by atoms with E-state index in [0.29, 0.717) is 0 Å². The highest BCUT2D eigenvalue weighted by Gasteiger charge is 2.57. The number of aliphatic carboxylic acids is 1. The van der Waals surface area contributed by atoms with Gasteiger partial charge in [0.2, 0.25) is 5.91 Å². The van der Waals surface area contributed by atoms with Gasteiger partial charge in [-0.25, -0.2) is 8.98 Å². The molecule has 0 aromatic heterocycles. The minimum Gasteiger partial charge on any atom is -0.479 e. The van der Waals surface area contributed by atoms with Gasteiger partial charge in [-0.3, -0.25) is 13.9 Å². The minimum atomic E-state index is -5.57. The van der Waals surface area contributed by atoms with Crippen LogP contribution >= 0.6 is 0 Å². The molecule has 26 heteroatoms. The van der Waals surface area contributed by atoms with Crippen molar-refractivity contribution in [3.05, 3.63) is 0 Å². The Morgan fingerprint density at radius 1 is 0.755 bits per heavy atom. The first-order valence-electron chi connectivity index (χ1n) is 14.4. The van der Waals surface area contributed by atoms with Crippen molar-refractivity contribution in [2.75, 3.05) is 13.2 Å². The summed E-state index contributed by atoms with van der Waals surface area (Å²) in [6.45, 7) is 2.29. The standard InChI is InChI=1S/C23H40N2O22S2/c1-6(2)41-21-10(24-7(3)28)14(31)16(9(5-27)43-21)44-23-18(47-49(38,39)40)15(32)17(19(46-23)20(33)34)45-22-11(25-48(35,36)37)13(30)12(29)8(4-26)42-22/h6,8-19,21-23,25-27,29-32H,4-5H2,1-3H3,(H,24,28)(H,33,34)(H,35,36,37)(H,38,39,40)/t8-,9-,10-,11-,12-,13-,14-,15+,16-,17+,18-,19+,21+,22-,23-/m1/s1. The summed E-state index contributed by atoms with van der Waals surface area (Å²) >= 11 is 0. The number of carbonyl (C=O) groups is 2. The van der Waals surface area contributed by atoms with Crippen LogP contribution in [0.3, 0.4) is 0 Å². The van der Waals surface area contributed by atoms with Crippen molar-refractivity contribution in [1.29, 1.82) is 0 Å². The lowest BCUT2D eigenvalue weighted by molar-refractivity contribution is -0.360. The van der Waals surface area contributed by atoms with Crippen LogP contribution in [-0.2, 0) is 62.9 Å². The third-order valence-corrected chi connectivity index (χ3v) is 8.41. The number of carbonyl (C=O) groups excluding carboxylic acids is 1. The number of carboxylic acid groups (broad SMARTS) is 1. The lowest BCUT2D eigenvalue weighted by atomic mass is 9.94. The fourth-order valence-electron chi connectivity index (χ4n) is 5.34. The monoisotopic (exact) mass is 760 g/mol. The van der Waals surface area contributed by atoms with Crippen molar-refractivity contribution in [1.82, 2.24) is 10.0 Å². The van der Waals surface area contributed by atoms with Crippen LogP contribution in [0.4, 0.5) is 0 Å². The van der Waals surface area contributed by atoms with Gasteiger partial charge in [-0.1, -0.05) is 0 Å². The van der Waals surface area contributed by atoms with Crippen LogP contribution in [0, 0.1) is 0 Å². The van der Waals surface area contributed by atoms with Gasteiger partial charge >= 0.3 is 26.7 Å². The molecule has 24 nitrogen and oxygen atoms in total. The number of rotatable bonds is 14. The summed E-state index contributed by atoms with van der Waals surface area (Å²) in [5.74, 6) is -2.67. The number of aliphatic hydroxyl groups is 6. The van der Waals surface area contributed by atoms with E-state index in [0.717, 1.165) is 6.92 Å². The van der Waals surface area contributed by atoms with Crippen LogP contribution in [0.15, 0.2) is 0 Å². The molecule has 0 radical (unpaired) electrons. The molecule has 0 saturated carbocycles. The summed E-state index contributed by atoms with van der Waals surface area (Å²) in [5.41, 5.74) is 0. The summed E-state index contributed by atoms with van der Waals surface area (Å²) < 4.78 is 104. The van der Waals surface area contributed by atoms with Gasteiger partial charge in [0.15, 0.2) is 31.1 Å². The lowest BCUT2D eigenvalue weighted by Crippen LogP contribution is -2.70. The fourth-order valence-corrected chi connectivity index (χ4v) is 6.42. The highest BCUT2D eigenvalue weighted by Crippen LogP contribution is 2.34. The highest BCUT2D eigenvalue weighted by atomic mass is 32.3. The molecule has 3 rings (SSSR count). The molecule has 15 atom stereocenters. The second kappa shape index (κ2) is 16.7. The van der Waals surface area contributed by atoms with E-state index in [4.69, 9.17) is 28.4 Å². The number of nitrogens with one attached hydrogen (secondary N) is 2. The molecule has 0 unspecified atom stereocenters. The van der Waals surface area contributed by atoms with Gasteiger partial charge in [0.05, 0.1) is 19.3 Å². The molecule has 49 heavy (non-hydrogen) atoms. The molecule has 11 N–H and O–H groups in total. The Balaban J connectivity index is 2.01. The second-order valence-corrected chi connectivity index (χ2v) is 13.6. The number of hydrogen-bond acceptors (Lipinski definition) is 19. The Labute approximate surface area is 278 Å². The maximum Gasteiger partial charge on any atom is 0.397 e. The molecule has 0 bridgehead atoms. The Morgan fingerprint density at radius 3 is 1.82 bits per heavy atom. The van der Waals surface area contributed by atoms with E-state index < -0.39 is 144 Å². The largest absolute Gasteiger partial charge is 0.479 e. The maximum atomic E-state index is 12.4. The van der Waals surface area contributed by atoms with Gasteiger partial charge in [-0.15, -0.1) is 0 Å². The SMILES string of the molecule is CC(=O)N[C@H]1[C@@H](OC(C)C)O[C@H](CO)[C@@H](O[C@@H]2O[C@H](C(=O)O)[C@@H](O[C@H]3O[C@H](CO)[C@@H](O)[C@H](O)[C@H]3NS(=O)(=O)O)[C@H](O)[C@H]2OS(=O)(=O)O)[C@@H]1O. The molecule has 0 aromatic carbocycles. The van der Waals surface area contributed by atoms with Gasteiger partial charge in [0, 0.05) is 6.92 Å². The summed E-state index contributed by atoms with van der Waals surface area (Å²) in [6.07, 6.45) is -27.8. The smallest absolute Gasteiger partial charge is 0.397 e. The van der Waals surface area contributed by atoms with E-state index in [9.17, 15) is 71.3 Å². The molecule has 3 aliphatic heterocycles. The summed E-state index contributed by atoms with van der Waals surface area (Å²) in [5, 5.41) is 75.0. The maximum absolute atomic E-state index is 12.4. The van der Waals surface area contributed by atoms with Gasteiger partial charge in [0.25, 0.3) is 0 Å². The molecule has 286 valence electrons. The van der Waals surface area contributed by atoms with Crippen molar-refractivity contribution in [2.24, 2.45) is 0 Å². The molecule has 1 amide bonds. The zero-order chi connectivity index (χ0) is 37.2. The van der Waals surface area contributed by atoms with Crippen molar-refractivity contribution in [3.8, 4) is 0 Å². The molecule has 3 saturated heterocycles. The molecule has 0 spiro atoms. The molecular formula is C23H40N2O22S2. The third kappa shape index (κ3) is 10.6. The van der Waals surface area contributed by atoms with Crippen molar-refractivity contribution < 1.29 is 104 Å². The number of hydrogen-bond donors (Lipinski definition) is 11. The Bertz CT molecular complexity index is 1350. The number of amides is 1. The van der Waals surface area contributed by atoms with Crippen LogP contribution in [0.25, 0.3) is 0 Å². The van der Waals surface area contributed by atoms with Gasteiger partial charge in [-0.05, 0) is 13.8 Å². The zero-order valence-corrected chi connectivity index (χ0v) is 27.4. The van der Waals surface area contributed by atoms with E-state index in [1.807, 2.05) is 0 Å². The quantitative estimate of drug-likeness (QED) is 0.0733. The molecule has 3 heterocycles. The predicted octanol–water partition coefficient (Wildman–Crippen LogP) is -6.68. The predicted molar refractivity (Wildman–Crippen MR) is 150 cm³/mol. The second-order valence-electron chi connectivity index (χ2n) is 11.4. The molecular weight excluding hydrogens is 720 g/mol. The molecule has 3 aliphatic rings. The Morgan fingerprint density at radius 2 is 1.33 bits per heavy atom. The van der Waals surface area contributed by atoms with E-state index in [-0.39, 0.29) is 0 Å². The molecule has 0 aromatic rings. The van der Waals surface area contributed by atoms with Crippen LogP contribution in [0.5, 0.6) is 0 Å². The van der Waals surface area contributed by atoms with Crippen molar-refractivity contribution in [3.63, 3.8) is 0 Å².